The molecule has 9 nitrogen and oxygen atoms in total. The van der Waals surface area contributed by atoms with Gasteiger partial charge in [0.1, 0.15) is 1.37 Å². The molecule has 0 aliphatic heterocycles. The molecule has 0 amide bonds. The third-order valence-corrected chi connectivity index (χ3v) is 1.74. The van der Waals surface area contributed by atoms with Crippen molar-refractivity contribution in [3.63, 3.8) is 0 Å². The predicted octanol–water partition coefficient (Wildman–Crippen LogP) is -0.822. The molecule has 86 valence electrons. The highest BCUT2D eigenvalue weighted by atomic mass is 16.6. The Morgan fingerprint density at radius 1 is 1.56 bits per heavy atom. The summed E-state index contributed by atoms with van der Waals surface area (Å²) in [6, 6.07) is -4.27. The highest BCUT2D eigenvalue weighted by Gasteiger charge is 2.40. The summed E-state index contributed by atoms with van der Waals surface area (Å²) in [6.07, 6.45) is -2.33. The van der Waals surface area contributed by atoms with Crippen LogP contribution in [0.1, 0.15) is 2.74 Å². The van der Waals surface area contributed by atoms with E-state index in [0.717, 1.165) is 0 Å². The van der Waals surface area contributed by atoms with E-state index < -0.39 is 45.3 Å². The van der Waals surface area contributed by atoms with Crippen molar-refractivity contribution in [3.05, 3.63) is 43.6 Å². The molecule has 16 heavy (non-hydrogen) atoms. The Balaban J connectivity index is 3.57. The van der Waals surface area contributed by atoms with Crippen LogP contribution in [0.5, 0.6) is 0 Å². The fraction of sp³-hybridized carbons (Fsp3) is 0.286. The Hall–Kier alpha value is -2.29. The Morgan fingerprint density at radius 2 is 2.12 bits per heavy atom. The first-order chi connectivity index (χ1) is 8.12. The fourth-order valence-corrected chi connectivity index (χ4v) is 1.03. The van der Waals surface area contributed by atoms with Crippen molar-refractivity contribution in [1.29, 1.82) is 0 Å². The topological polar surface area (TPSA) is 144 Å². The van der Waals surface area contributed by atoms with Gasteiger partial charge in [0.05, 0.1) is 17.9 Å². The second-order valence-electron chi connectivity index (χ2n) is 2.72. The van der Waals surface area contributed by atoms with Gasteiger partial charge in [-0.1, -0.05) is 0 Å². The van der Waals surface area contributed by atoms with E-state index in [1.807, 2.05) is 0 Å². The van der Waals surface area contributed by atoms with E-state index in [9.17, 15) is 30.1 Å². The van der Waals surface area contributed by atoms with E-state index in [4.69, 9.17) is 7.85 Å². The van der Waals surface area contributed by atoms with Crippen LogP contribution in [0.2, 0.25) is 0 Å². The van der Waals surface area contributed by atoms with Crippen LogP contribution in [-0.2, 0) is 4.79 Å². The molecule has 0 aromatic heterocycles. The van der Waals surface area contributed by atoms with Crippen LogP contribution >= 0.6 is 0 Å². The van der Waals surface area contributed by atoms with Crippen LogP contribution in [0.25, 0.3) is 0 Å². The molecule has 1 aliphatic rings. The molecule has 1 aliphatic carbocycles. The Kier molecular flexibility index (Phi) is 2.28. The number of carboxylic acid groups (broad SMARTS) is 1. The molecular formula is C7H6N2O7. The van der Waals surface area contributed by atoms with E-state index in [0.29, 0.717) is 0 Å². The number of allylic oxidation sites excluding steroid dienone is 1. The number of nitro groups is 2. The Labute approximate surface area is 90.4 Å². The third-order valence-electron chi connectivity index (χ3n) is 1.74. The maximum atomic E-state index is 10.8. The number of hydrogen-bond acceptors (Lipinski definition) is 6. The van der Waals surface area contributed by atoms with Gasteiger partial charge in [-0.15, -0.1) is 0 Å². The summed E-state index contributed by atoms with van der Waals surface area (Å²) >= 11 is 0. The monoisotopic (exact) mass is 232 g/mol. The first kappa shape index (κ1) is 8.97. The van der Waals surface area contributed by atoms with Gasteiger partial charge >= 0.3 is 5.97 Å². The van der Waals surface area contributed by atoms with Gasteiger partial charge in [-0.2, -0.15) is 0 Å². The van der Waals surface area contributed by atoms with Gasteiger partial charge in [0.25, 0.3) is 11.7 Å². The molecule has 0 spiro atoms. The van der Waals surface area contributed by atoms with Crippen LogP contribution in [-0.4, -0.2) is 38.2 Å². The van der Waals surface area contributed by atoms with Gasteiger partial charge in [-0.3, -0.25) is 20.2 Å². The van der Waals surface area contributed by atoms with Crippen LogP contribution in [0.3, 0.4) is 0 Å². The lowest BCUT2D eigenvalue weighted by atomic mass is 9.96. The van der Waals surface area contributed by atoms with Gasteiger partial charge in [0, 0.05) is 11.0 Å². The lowest BCUT2D eigenvalue weighted by Crippen LogP contribution is -2.38. The normalized spacial score (nSPS) is 31.3. The summed E-state index contributed by atoms with van der Waals surface area (Å²) in [5.74, 6) is -1.93. The largest absolute Gasteiger partial charge is 0.478 e. The van der Waals surface area contributed by atoms with Crippen molar-refractivity contribution in [2.75, 3.05) is 0 Å². The molecule has 9 heteroatoms. The molecule has 0 bridgehead atoms. The van der Waals surface area contributed by atoms with Gasteiger partial charge in [-0.25, -0.2) is 4.79 Å². The number of carboxylic acids is 1. The van der Waals surface area contributed by atoms with Gasteiger partial charge in [0.2, 0.25) is 0 Å². The predicted molar refractivity (Wildman–Crippen MR) is 47.6 cm³/mol. The van der Waals surface area contributed by atoms with Crippen molar-refractivity contribution in [2.45, 2.75) is 12.1 Å². The molecule has 2 N–H and O–H groups in total. The summed E-state index contributed by atoms with van der Waals surface area (Å²) in [5.41, 5.74) is -2.46. The minimum atomic E-state index is -3.11. The molecule has 0 saturated carbocycles. The number of carbonyl (C=O) groups is 1. The highest BCUT2D eigenvalue weighted by Crippen LogP contribution is 2.21. The maximum absolute atomic E-state index is 10.8. The Morgan fingerprint density at radius 3 is 2.50 bits per heavy atom. The Bertz CT molecular complexity index is 514. The zero-order valence-corrected chi connectivity index (χ0v) is 7.48. The summed E-state index contributed by atoms with van der Waals surface area (Å²) in [5, 5.41) is 39.3. The maximum Gasteiger partial charge on any atom is 0.334 e. The standard InChI is InChI=1S/C7H6N2O7/c10-6-4(7(11)12)1-3(8(13)14)2-5(6)9(15)16/h1-2,5-6,10H,(H,11,12)/i1D,5D. The molecule has 0 radical (unpaired) electrons. The summed E-state index contributed by atoms with van der Waals surface area (Å²) in [4.78, 5) is 29.4. The van der Waals surface area contributed by atoms with Crippen molar-refractivity contribution >= 4 is 5.97 Å². The fourth-order valence-electron chi connectivity index (χ4n) is 1.03. The minimum absolute atomic E-state index is 0.145. The SMILES string of the molecule is [2H]C1=C(C(=O)O)C(O)C([2H])([N+](=O)[O-])C=C1[N+](=O)[O-]. The number of rotatable bonds is 3. The highest BCUT2D eigenvalue weighted by molar-refractivity contribution is 5.88. The minimum Gasteiger partial charge on any atom is -0.478 e. The van der Waals surface area contributed by atoms with E-state index in [1.54, 1.807) is 0 Å². The van der Waals surface area contributed by atoms with Gasteiger partial charge in [-0.05, 0) is 0 Å². The number of nitrogens with zero attached hydrogens (tertiary/aromatic N) is 2. The van der Waals surface area contributed by atoms with E-state index >= 15 is 0 Å². The number of hydrogen-bond donors (Lipinski definition) is 2. The third kappa shape index (κ3) is 2.03. The van der Waals surface area contributed by atoms with Crippen molar-refractivity contribution in [1.82, 2.24) is 0 Å². The molecular weight excluding hydrogens is 224 g/mol. The molecule has 0 fully saturated rings. The zero-order valence-electron chi connectivity index (χ0n) is 9.48. The number of aliphatic hydroxyl groups is 1. The number of aliphatic hydroxyl groups excluding tert-OH is 1. The van der Waals surface area contributed by atoms with Crippen LogP contribution < -0.4 is 0 Å². The van der Waals surface area contributed by atoms with Gasteiger partial charge in [0.15, 0.2) is 6.10 Å². The van der Waals surface area contributed by atoms with E-state index in [1.165, 1.54) is 0 Å². The van der Waals surface area contributed by atoms with Crippen LogP contribution in [0.4, 0.5) is 0 Å². The average molecular weight is 232 g/mol. The van der Waals surface area contributed by atoms with Crippen LogP contribution in [0.15, 0.2) is 23.4 Å². The molecule has 2 atom stereocenters. The average Bonchev–Trinajstić information content (AvgIpc) is 2.22. The van der Waals surface area contributed by atoms with E-state index in [2.05, 4.69) is 0 Å². The lowest BCUT2D eigenvalue weighted by molar-refractivity contribution is -0.521. The smallest absolute Gasteiger partial charge is 0.334 e. The zero-order chi connectivity index (χ0) is 14.2. The van der Waals surface area contributed by atoms with Crippen molar-refractivity contribution in [2.24, 2.45) is 0 Å². The molecule has 1 rings (SSSR count). The number of aliphatic carboxylic acids is 1. The second kappa shape index (κ2) is 4.06. The summed E-state index contributed by atoms with van der Waals surface area (Å²) in [6.45, 7) is 0. The molecule has 0 saturated heterocycles. The first-order valence-corrected chi connectivity index (χ1v) is 3.77. The van der Waals surface area contributed by atoms with E-state index in [-0.39, 0.29) is 6.08 Å². The molecule has 0 aromatic rings. The molecule has 2 unspecified atom stereocenters. The lowest BCUT2D eigenvalue weighted by Gasteiger charge is -2.16. The van der Waals surface area contributed by atoms with Crippen molar-refractivity contribution in [3.8, 4) is 0 Å². The van der Waals surface area contributed by atoms with Crippen LogP contribution in [0, 0.1) is 20.2 Å². The first-order valence-electron chi connectivity index (χ1n) is 4.77. The van der Waals surface area contributed by atoms with Crippen molar-refractivity contribution < 1.29 is 27.6 Å². The van der Waals surface area contributed by atoms with Gasteiger partial charge < -0.3 is 10.2 Å². The summed E-state index contributed by atoms with van der Waals surface area (Å²) < 4.78 is 14.5. The molecule has 0 aromatic carbocycles. The second-order valence-corrected chi connectivity index (χ2v) is 2.72. The molecule has 0 heterocycles. The summed E-state index contributed by atoms with van der Waals surface area (Å²) in [7, 11) is 0. The quantitative estimate of drug-likeness (QED) is 0.477.